The van der Waals surface area contributed by atoms with Crippen LogP contribution in [0.4, 0.5) is 0 Å². The highest BCUT2D eigenvalue weighted by Gasteiger charge is 2.33. The molecule has 120 valence electrons. The zero-order valence-corrected chi connectivity index (χ0v) is 12.9. The van der Waals surface area contributed by atoms with Gasteiger partial charge in [-0.1, -0.05) is 32.6 Å². The summed E-state index contributed by atoms with van der Waals surface area (Å²) in [6, 6.07) is -0.304. The fourth-order valence-corrected chi connectivity index (χ4v) is 3.64. The van der Waals surface area contributed by atoms with Gasteiger partial charge >= 0.3 is 5.97 Å². The molecule has 1 saturated heterocycles. The van der Waals surface area contributed by atoms with Gasteiger partial charge in [-0.15, -0.1) is 0 Å². The number of hydrogen-bond acceptors (Lipinski definition) is 3. The van der Waals surface area contributed by atoms with Gasteiger partial charge in [0.25, 0.3) is 0 Å². The van der Waals surface area contributed by atoms with Gasteiger partial charge in [-0.05, 0) is 18.8 Å². The van der Waals surface area contributed by atoms with E-state index in [-0.39, 0.29) is 24.3 Å². The molecule has 0 aromatic carbocycles. The number of carbonyl (C=O) groups is 2. The van der Waals surface area contributed by atoms with Crippen LogP contribution in [0.15, 0.2) is 0 Å². The maximum absolute atomic E-state index is 12.8. The molecule has 0 aromatic rings. The second-order valence-electron chi connectivity index (χ2n) is 6.35. The molecule has 2 atom stereocenters. The Morgan fingerprint density at radius 1 is 1.33 bits per heavy atom. The second-order valence-corrected chi connectivity index (χ2v) is 6.35. The molecule has 5 nitrogen and oxygen atoms in total. The normalized spacial score (nSPS) is 25.0. The van der Waals surface area contributed by atoms with Crippen LogP contribution in [0.5, 0.6) is 0 Å². The minimum absolute atomic E-state index is 0.0222. The van der Waals surface area contributed by atoms with Gasteiger partial charge in [-0.25, -0.2) is 0 Å². The van der Waals surface area contributed by atoms with Gasteiger partial charge < -0.3 is 14.7 Å². The van der Waals surface area contributed by atoms with Crippen molar-refractivity contribution in [1.82, 2.24) is 4.90 Å². The number of carboxylic acids is 1. The van der Waals surface area contributed by atoms with E-state index in [1.54, 1.807) is 4.90 Å². The van der Waals surface area contributed by atoms with E-state index in [4.69, 9.17) is 9.84 Å². The molecule has 1 heterocycles. The number of aliphatic carboxylic acids is 1. The van der Waals surface area contributed by atoms with E-state index >= 15 is 0 Å². The minimum Gasteiger partial charge on any atom is -0.481 e. The molecule has 1 saturated carbocycles. The molecule has 0 bridgehead atoms. The van der Waals surface area contributed by atoms with E-state index in [0.29, 0.717) is 25.7 Å². The van der Waals surface area contributed by atoms with Crippen LogP contribution in [0.3, 0.4) is 0 Å². The quantitative estimate of drug-likeness (QED) is 0.817. The van der Waals surface area contributed by atoms with Gasteiger partial charge in [-0.3, -0.25) is 9.59 Å². The standard InChI is InChI=1S/C16H27NO4/c1-2-13(9-12-5-3-4-6-12)16(20)17-7-8-21-11-14(17)10-15(18)19/h12-14H,2-11H2,1H3,(H,18,19). The maximum Gasteiger partial charge on any atom is 0.305 e. The monoisotopic (exact) mass is 297 g/mol. The average molecular weight is 297 g/mol. The smallest absolute Gasteiger partial charge is 0.305 e. The van der Waals surface area contributed by atoms with Crippen LogP contribution in [-0.2, 0) is 14.3 Å². The van der Waals surface area contributed by atoms with E-state index in [1.165, 1.54) is 25.7 Å². The zero-order chi connectivity index (χ0) is 15.2. The van der Waals surface area contributed by atoms with E-state index in [0.717, 1.165) is 12.8 Å². The van der Waals surface area contributed by atoms with Gasteiger partial charge in [0.1, 0.15) is 0 Å². The van der Waals surface area contributed by atoms with Crippen molar-refractivity contribution in [2.75, 3.05) is 19.8 Å². The van der Waals surface area contributed by atoms with Gasteiger partial charge in [0.15, 0.2) is 0 Å². The summed E-state index contributed by atoms with van der Waals surface area (Å²) >= 11 is 0. The van der Waals surface area contributed by atoms with E-state index < -0.39 is 5.97 Å². The van der Waals surface area contributed by atoms with Crippen molar-refractivity contribution in [3.8, 4) is 0 Å². The summed E-state index contributed by atoms with van der Waals surface area (Å²) in [7, 11) is 0. The molecule has 0 radical (unpaired) electrons. The maximum atomic E-state index is 12.8. The number of carboxylic acid groups (broad SMARTS) is 1. The Labute approximate surface area is 126 Å². The first-order chi connectivity index (χ1) is 10.1. The van der Waals surface area contributed by atoms with E-state index in [1.807, 2.05) is 0 Å². The van der Waals surface area contributed by atoms with Crippen LogP contribution >= 0.6 is 0 Å². The third kappa shape index (κ3) is 4.43. The van der Waals surface area contributed by atoms with Crippen LogP contribution in [-0.4, -0.2) is 47.7 Å². The van der Waals surface area contributed by atoms with Crippen LogP contribution in [0.1, 0.15) is 51.9 Å². The molecule has 1 aliphatic carbocycles. The number of morpholine rings is 1. The van der Waals surface area contributed by atoms with Crippen molar-refractivity contribution in [3.05, 3.63) is 0 Å². The molecule has 0 spiro atoms. The Hall–Kier alpha value is -1.10. The molecule has 21 heavy (non-hydrogen) atoms. The number of amides is 1. The van der Waals surface area contributed by atoms with Crippen LogP contribution < -0.4 is 0 Å². The lowest BCUT2D eigenvalue weighted by Gasteiger charge is -2.37. The predicted octanol–water partition coefficient (Wildman–Crippen LogP) is 2.30. The highest BCUT2D eigenvalue weighted by Crippen LogP contribution is 2.32. The molecule has 2 aliphatic rings. The van der Waals surface area contributed by atoms with Crippen molar-refractivity contribution in [3.63, 3.8) is 0 Å². The number of rotatable bonds is 6. The first-order valence-electron chi connectivity index (χ1n) is 8.21. The molecule has 1 amide bonds. The molecule has 2 rings (SSSR count). The van der Waals surface area contributed by atoms with Crippen LogP contribution in [0.25, 0.3) is 0 Å². The lowest BCUT2D eigenvalue weighted by atomic mass is 9.89. The van der Waals surface area contributed by atoms with Gasteiger partial charge in [0.05, 0.1) is 25.7 Å². The number of carbonyl (C=O) groups excluding carboxylic acids is 1. The number of ether oxygens (including phenoxy) is 1. The third-order valence-corrected chi connectivity index (χ3v) is 4.86. The summed E-state index contributed by atoms with van der Waals surface area (Å²) in [5, 5.41) is 9.00. The summed E-state index contributed by atoms with van der Waals surface area (Å²) in [6.07, 6.45) is 6.84. The van der Waals surface area contributed by atoms with Crippen LogP contribution in [0, 0.1) is 11.8 Å². The van der Waals surface area contributed by atoms with Crippen molar-refractivity contribution in [2.45, 2.75) is 57.9 Å². The van der Waals surface area contributed by atoms with Gasteiger partial charge in [-0.2, -0.15) is 0 Å². The highest BCUT2D eigenvalue weighted by molar-refractivity contribution is 5.80. The Morgan fingerprint density at radius 3 is 2.67 bits per heavy atom. The van der Waals surface area contributed by atoms with Gasteiger partial charge in [0, 0.05) is 12.5 Å². The number of hydrogen-bond donors (Lipinski definition) is 1. The molecular weight excluding hydrogens is 270 g/mol. The van der Waals surface area contributed by atoms with E-state index in [9.17, 15) is 9.59 Å². The summed E-state index contributed by atoms with van der Waals surface area (Å²) in [5.74, 6) is -0.00792. The molecule has 2 unspecified atom stereocenters. The first kappa shape index (κ1) is 16.3. The van der Waals surface area contributed by atoms with Crippen molar-refractivity contribution in [2.24, 2.45) is 11.8 Å². The number of nitrogens with zero attached hydrogens (tertiary/aromatic N) is 1. The molecule has 1 N–H and O–H groups in total. The first-order valence-corrected chi connectivity index (χ1v) is 8.21. The topological polar surface area (TPSA) is 66.8 Å². The molecule has 0 aromatic heterocycles. The lowest BCUT2D eigenvalue weighted by molar-refractivity contribution is -0.149. The zero-order valence-electron chi connectivity index (χ0n) is 12.9. The average Bonchev–Trinajstić information content (AvgIpc) is 2.97. The van der Waals surface area contributed by atoms with Gasteiger partial charge in [0.2, 0.25) is 5.91 Å². The predicted molar refractivity (Wildman–Crippen MR) is 78.9 cm³/mol. The fourth-order valence-electron chi connectivity index (χ4n) is 3.64. The fraction of sp³-hybridized carbons (Fsp3) is 0.875. The second kappa shape index (κ2) is 7.78. The third-order valence-electron chi connectivity index (χ3n) is 4.86. The Balaban J connectivity index is 1.97. The van der Waals surface area contributed by atoms with E-state index in [2.05, 4.69) is 6.92 Å². The van der Waals surface area contributed by atoms with Crippen molar-refractivity contribution >= 4 is 11.9 Å². The van der Waals surface area contributed by atoms with Crippen LogP contribution in [0.2, 0.25) is 0 Å². The Morgan fingerprint density at radius 2 is 2.05 bits per heavy atom. The lowest BCUT2D eigenvalue weighted by Crippen LogP contribution is -2.51. The Kier molecular flexibility index (Phi) is 6.03. The Bertz CT molecular complexity index is 365. The summed E-state index contributed by atoms with van der Waals surface area (Å²) in [6.45, 7) is 3.45. The molecule has 2 fully saturated rings. The summed E-state index contributed by atoms with van der Waals surface area (Å²) in [4.78, 5) is 25.5. The minimum atomic E-state index is -0.868. The highest BCUT2D eigenvalue weighted by atomic mass is 16.5. The summed E-state index contributed by atoms with van der Waals surface area (Å²) in [5.41, 5.74) is 0. The largest absolute Gasteiger partial charge is 0.481 e. The van der Waals surface area contributed by atoms with Crippen molar-refractivity contribution < 1.29 is 19.4 Å². The van der Waals surface area contributed by atoms with Crippen molar-refractivity contribution in [1.29, 1.82) is 0 Å². The summed E-state index contributed by atoms with van der Waals surface area (Å²) < 4.78 is 5.35. The SMILES string of the molecule is CCC(CC1CCCC1)C(=O)N1CCOCC1CC(=O)O. The molecule has 5 heteroatoms. The molecule has 1 aliphatic heterocycles. The molecular formula is C16H27NO4.